The molecule has 1 aliphatic carbocycles. The van der Waals surface area contributed by atoms with Gasteiger partial charge in [-0.05, 0) is 61.1 Å². The third-order valence-electron chi connectivity index (χ3n) is 4.75. The lowest BCUT2D eigenvalue weighted by Gasteiger charge is -2.12. The van der Waals surface area contributed by atoms with E-state index in [2.05, 4.69) is 23.2 Å². The molecule has 1 heterocycles. The Labute approximate surface area is 164 Å². The molecule has 4 nitrogen and oxygen atoms in total. The third kappa shape index (κ3) is 3.62. The molecule has 3 aromatic rings. The zero-order chi connectivity index (χ0) is 19.7. The molecule has 4 rings (SSSR count). The minimum atomic E-state index is -1.18. The highest BCUT2D eigenvalue weighted by Crippen LogP contribution is 2.31. The van der Waals surface area contributed by atoms with Crippen molar-refractivity contribution < 1.29 is 18.3 Å². The minimum Gasteiger partial charge on any atom is -0.483 e. The van der Waals surface area contributed by atoms with E-state index in [0.29, 0.717) is 5.01 Å². The SMILES string of the molecule is NC(=O)c1c(F)ccc(OCc2nc3cc(C4=CCCCC4)ccc3s2)c1F. The van der Waals surface area contributed by atoms with Crippen molar-refractivity contribution in [1.29, 1.82) is 0 Å². The summed E-state index contributed by atoms with van der Waals surface area (Å²) < 4.78 is 34.3. The zero-order valence-corrected chi connectivity index (χ0v) is 15.8. The number of nitrogens with two attached hydrogens (primary N) is 1. The van der Waals surface area contributed by atoms with Gasteiger partial charge in [0, 0.05) is 0 Å². The van der Waals surface area contributed by atoms with Crippen LogP contribution in [0.5, 0.6) is 5.75 Å². The van der Waals surface area contributed by atoms with Crippen molar-refractivity contribution in [2.75, 3.05) is 0 Å². The summed E-state index contributed by atoms with van der Waals surface area (Å²) in [4.78, 5) is 15.8. The second-order valence-electron chi connectivity index (χ2n) is 6.65. The molecule has 0 spiro atoms. The van der Waals surface area contributed by atoms with Crippen molar-refractivity contribution in [3.63, 3.8) is 0 Å². The number of carbonyl (C=O) groups is 1. The standard InChI is InChI=1S/C21H18F2N2O2S/c22-14-7-8-16(20(23)19(14)21(24)26)27-11-18-25-15-10-13(6-9-17(15)28-18)12-4-2-1-3-5-12/h4,6-10H,1-3,5,11H2,(H2,24,26). The van der Waals surface area contributed by atoms with Gasteiger partial charge in [0.05, 0.1) is 10.2 Å². The van der Waals surface area contributed by atoms with Crippen LogP contribution in [0.3, 0.4) is 0 Å². The van der Waals surface area contributed by atoms with Crippen LogP contribution >= 0.6 is 11.3 Å². The Hall–Kier alpha value is -2.80. The van der Waals surface area contributed by atoms with Crippen LogP contribution in [-0.4, -0.2) is 10.9 Å². The first-order valence-electron chi connectivity index (χ1n) is 9.02. The molecule has 0 aliphatic heterocycles. The molecule has 0 fully saturated rings. The number of aromatic nitrogens is 1. The molecule has 28 heavy (non-hydrogen) atoms. The lowest BCUT2D eigenvalue weighted by molar-refractivity contribution is 0.0991. The van der Waals surface area contributed by atoms with Gasteiger partial charge < -0.3 is 10.5 Å². The topological polar surface area (TPSA) is 65.2 Å². The number of rotatable bonds is 5. The van der Waals surface area contributed by atoms with Gasteiger partial charge in [0.15, 0.2) is 11.6 Å². The Morgan fingerprint density at radius 3 is 2.82 bits per heavy atom. The third-order valence-corrected chi connectivity index (χ3v) is 5.76. The van der Waals surface area contributed by atoms with Crippen molar-refractivity contribution >= 4 is 33.0 Å². The van der Waals surface area contributed by atoms with E-state index in [1.165, 1.54) is 35.3 Å². The molecular formula is C21H18F2N2O2S. The second-order valence-corrected chi connectivity index (χ2v) is 7.77. The van der Waals surface area contributed by atoms with Crippen molar-refractivity contribution in [2.45, 2.75) is 32.3 Å². The molecule has 2 aromatic carbocycles. The first kappa shape index (κ1) is 18.6. The summed E-state index contributed by atoms with van der Waals surface area (Å²) in [6, 6.07) is 8.29. The maximum atomic E-state index is 14.3. The summed E-state index contributed by atoms with van der Waals surface area (Å²) in [5.74, 6) is -3.52. The van der Waals surface area contributed by atoms with Crippen LogP contribution in [0.4, 0.5) is 8.78 Å². The molecule has 0 radical (unpaired) electrons. The van der Waals surface area contributed by atoms with Crippen molar-refractivity contribution in [3.05, 3.63) is 64.2 Å². The average molecular weight is 400 g/mol. The highest BCUT2D eigenvalue weighted by Gasteiger charge is 2.19. The number of fused-ring (bicyclic) bond motifs is 1. The number of amides is 1. The Balaban J connectivity index is 1.55. The van der Waals surface area contributed by atoms with Gasteiger partial charge in [0.1, 0.15) is 23.0 Å². The fourth-order valence-electron chi connectivity index (χ4n) is 3.35. The molecule has 1 aromatic heterocycles. The molecule has 0 bridgehead atoms. The van der Waals surface area contributed by atoms with Crippen LogP contribution in [0.1, 0.15) is 46.6 Å². The molecule has 144 valence electrons. The van der Waals surface area contributed by atoms with E-state index in [9.17, 15) is 13.6 Å². The number of thiazole rings is 1. The smallest absolute Gasteiger partial charge is 0.254 e. The highest BCUT2D eigenvalue weighted by atomic mass is 32.1. The van der Waals surface area contributed by atoms with Gasteiger partial charge in [0.25, 0.3) is 5.91 Å². The maximum absolute atomic E-state index is 14.3. The van der Waals surface area contributed by atoms with E-state index in [1.807, 2.05) is 6.07 Å². The number of hydrogen-bond donors (Lipinski definition) is 1. The molecule has 0 saturated heterocycles. The summed E-state index contributed by atoms with van der Waals surface area (Å²) in [6.07, 6.45) is 6.92. The van der Waals surface area contributed by atoms with E-state index in [-0.39, 0.29) is 12.4 Å². The molecule has 2 N–H and O–H groups in total. The van der Waals surface area contributed by atoms with E-state index in [0.717, 1.165) is 35.2 Å². The summed E-state index contributed by atoms with van der Waals surface area (Å²) in [5, 5.41) is 0.661. The number of carbonyl (C=O) groups excluding carboxylic acids is 1. The van der Waals surface area contributed by atoms with Gasteiger partial charge in [-0.2, -0.15) is 0 Å². The summed E-state index contributed by atoms with van der Waals surface area (Å²) in [7, 11) is 0. The molecular weight excluding hydrogens is 382 g/mol. The maximum Gasteiger partial charge on any atom is 0.254 e. The molecule has 1 amide bonds. The van der Waals surface area contributed by atoms with Crippen LogP contribution in [0, 0.1) is 11.6 Å². The second kappa shape index (κ2) is 7.67. The molecule has 1 aliphatic rings. The van der Waals surface area contributed by atoms with Crippen LogP contribution in [-0.2, 0) is 6.61 Å². The van der Waals surface area contributed by atoms with Gasteiger partial charge in [0.2, 0.25) is 0 Å². The number of allylic oxidation sites excluding steroid dienone is 2. The number of primary amides is 1. The Morgan fingerprint density at radius 2 is 2.07 bits per heavy atom. The number of ether oxygens (including phenoxy) is 1. The number of benzene rings is 2. The minimum absolute atomic E-state index is 0.0120. The molecule has 7 heteroatoms. The van der Waals surface area contributed by atoms with Gasteiger partial charge in [-0.1, -0.05) is 12.1 Å². The van der Waals surface area contributed by atoms with Crippen molar-refractivity contribution in [1.82, 2.24) is 4.98 Å². The number of nitrogens with zero attached hydrogens (tertiary/aromatic N) is 1. The lowest BCUT2D eigenvalue weighted by Crippen LogP contribution is -2.16. The monoisotopic (exact) mass is 400 g/mol. The lowest BCUT2D eigenvalue weighted by atomic mass is 9.94. The Bertz CT molecular complexity index is 1090. The summed E-state index contributed by atoms with van der Waals surface area (Å²) >= 11 is 1.45. The van der Waals surface area contributed by atoms with Crippen molar-refractivity contribution in [3.8, 4) is 5.75 Å². The van der Waals surface area contributed by atoms with E-state index < -0.39 is 23.1 Å². The molecule has 0 saturated carbocycles. The Kier molecular flexibility index (Phi) is 5.09. The number of halogens is 2. The molecule has 0 atom stereocenters. The van der Waals surface area contributed by atoms with Gasteiger partial charge in [-0.15, -0.1) is 11.3 Å². The fourth-order valence-corrected chi connectivity index (χ4v) is 4.21. The zero-order valence-electron chi connectivity index (χ0n) is 15.0. The van der Waals surface area contributed by atoms with Gasteiger partial charge in [-0.3, -0.25) is 4.79 Å². The normalized spacial score (nSPS) is 14.1. The summed E-state index contributed by atoms with van der Waals surface area (Å²) in [5.41, 5.74) is 7.63. The van der Waals surface area contributed by atoms with Crippen LogP contribution in [0.15, 0.2) is 36.4 Å². The quantitative estimate of drug-likeness (QED) is 0.639. The van der Waals surface area contributed by atoms with E-state index in [1.54, 1.807) is 0 Å². The van der Waals surface area contributed by atoms with E-state index >= 15 is 0 Å². The van der Waals surface area contributed by atoms with Gasteiger partial charge in [-0.25, -0.2) is 13.8 Å². The average Bonchev–Trinajstić information content (AvgIpc) is 3.10. The van der Waals surface area contributed by atoms with Crippen molar-refractivity contribution in [2.24, 2.45) is 5.73 Å². The predicted molar refractivity (Wildman–Crippen MR) is 105 cm³/mol. The van der Waals surface area contributed by atoms with Crippen LogP contribution in [0.2, 0.25) is 0 Å². The Morgan fingerprint density at radius 1 is 1.21 bits per heavy atom. The van der Waals surface area contributed by atoms with E-state index in [4.69, 9.17) is 10.5 Å². The highest BCUT2D eigenvalue weighted by molar-refractivity contribution is 7.18. The molecule has 0 unspecified atom stereocenters. The first-order chi connectivity index (χ1) is 13.5. The largest absolute Gasteiger partial charge is 0.483 e. The number of hydrogen-bond acceptors (Lipinski definition) is 4. The first-order valence-corrected chi connectivity index (χ1v) is 9.84. The van der Waals surface area contributed by atoms with Crippen LogP contribution < -0.4 is 10.5 Å². The van der Waals surface area contributed by atoms with Gasteiger partial charge >= 0.3 is 0 Å². The summed E-state index contributed by atoms with van der Waals surface area (Å²) in [6.45, 7) is 0.0120. The van der Waals surface area contributed by atoms with Crippen LogP contribution in [0.25, 0.3) is 15.8 Å². The fraction of sp³-hybridized carbons (Fsp3) is 0.238. The predicted octanol–water partition coefficient (Wildman–Crippen LogP) is 5.21.